The molecule has 2 fully saturated rings. The highest BCUT2D eigenvalue weighted by Crippen LogP contribution is 2.22. The van der Waals surface area contributed by atoms with Crippen LogP contribution in [0.5, 0.6) is 0 Å². The van der Waals surface area contributed by atoms with E-state index in [2.05, 4.69) is 5.32 Å². The van der Waals surface area contributed by atoms with Gasteiger partial charge >= 0.3 is 0 Å². The van der Waals surface area contributed by atoms with Crippen molar-refractivity contribution >= 4 is 11.8 Å². The molecular weight excluding hydrogens is 288 g/mol. The maximum atomic E-state index is 12.7. The Morgan fingerprint density at radius 2 is 1.91 bits per heavy atom. The predicted octanol–water partition coefficient (Wildman–Crippen LogP) is 2.91. The van der Waals surface area contributed by atoms with E-state index in [1.807, 2.05) is 36.1 Å². The molecule has 23 heavy (non-hydrogen) atoms. The van der Waals surface area contributed by atoms with Crippen LogP contribution < -0.4 is 5.32 Å². The molecule has 1 aromatic rings. The van der Waals surface area contributed by atoms with E-state index in [1.165, 1.54) is 12.8 Å². The van der Waals surface area contributed by atoms with Crippen molar-refractivity contribution in [1.82, 2.24) is 10.2 Å². The number of piperidine rings is 1. The largest absolute Gasteiger partial charge is 0.353 e. The molecule has 1 aliphatic heterocycles. The molecule has 1 heterocycles. The van der Waals surface area contributed by atoms with Crippen LogP contribution in [-0.2, 0) is 4.79 Å². The van der Waals surface area contributed by atoms with Crippen LogP contribution in [-0.4, -0.2) is 35.8 Å². The van der Waals surface area contributed by atoms with Gasteiger partial charge in [-0.2, -0.15) is 0 Å². The van der Waals surface area contributed by atoms with Gasteiger partial charge in [-0.1, -0.05) is 30.5 Å². The van der Waals surface area contributed by atoms with E-state index in [1.54, 1.807) is 0 Å². The van der Waals surface area contributed by atoms with Crippen molar-refractivity contribution in [2.24, 2.45) is 5.92 Å². The first kappa shape index (κ1) is 16.0. The molecule has 0 aromatic heterocycles. The number of likely N-dealkylation sites (tertiary alicyclic amines) is 1. The number of hydrogen-bond acceptors (Lipinski definition) is 2. The van der Waals surface area contributed by atoms with E-state index in [4.69, 9.17) is 0 Å². The molecule has 3 rings (SSSR count). The van der Waals surface area contributed by atoms with Crippen LogP contribution in [0.1, 0.15) is 54.4 Å². The van der Waals surface area contributed by atoms with Gasteiger partial charge < -0.3 is 10.2 Å². The molecule has 1 atom stereocenters. The first-order valence-electron chi connectivity index (χ1n) is 8.80. The van der Waals surface area contributed by atoms with Crippen LogP contribution in [0.4, 0.5) is 0 Å². The van der Waals surface area contributed by atoms with Gasteiger partial charge in [0.25, 0.3) is 5.91 Å². The minimum absolute atomic E-state index is 0.0482. The Labute approximate surface area is 138 Å². The highest BCUT2D eigenvalue weighted by molar-refractivity contribution is 5.95. The Morgan fingerprint density at radius 3 is 2.65 bits per heavy atom. The monoisotopic (exact) mass is 314 g/mol. The van der Waals surface area contributed by atoms with E-state index in [0.717, 1.165) is 43.4 Å². The third-order valence-electron chi connectivity index (χ3n) is 5.05. The number of rotatable bonds is 3. The summed E-state index contributed by atoms with van der Waals surface area (Å²) in [6, 6.07) is 8.04. The number of carbonyl (C=O) groups excluding carboxylic acids is 2. The molecule has 2 amide bonds. The van der Waals surface area contributed by atoms with Gasteiger partial charge in [-0.15, -0.1) is 0 Å². The summed E-state index contributed by atoms with van der Waals surface area (Å²) in [4.78, 5) is 27.0. The van der Waals surface area contributed by atoms with Gasteiger partial charge in [-0.25, -0.2) is 0 Å². The van der Waals surface area contributed by atoms with Gasteiger partial charge in [-0.05, 0) is 44.7 Å². The number of carbonyl (C=O) groups is 2. The minimum atomic E-state index is -0.0573. The van der Waals surface area contributed by atoms with Gasteiger partial charge in [0.1, 0.15) is 0 Å². The standard InChI is InChI=1S/C19H26N2O2/c1-14-6-4-7-15(12-14)19(23)21-11-5-8-16(13-21)18(22)20-17-9-2-3-10-17/h4,6-7,12,16-17H,2-3,5,8-11,13H2,1H3,(H,20,22)/t16-/m0/s1. The molecule has 1 aliphatic carbocycles. The third-order valence-corrected chi connectivity index (χ3v) is 5.05. The quantitative estimate of drug-likeness (QED) is 0.932. The molecule has 1 aromatic carbocycles. The minimum Gasteiger partial charge on any atom is -0.353 e. The molecule has 124 valence electrons. The van der Waals surface area contributed by atoms with E-state index in [9.17, 15) is 9.59 Å². The van der Waals surface area contributed by atoms with Gasteiger partial charge in [0.15, 0.2) is 0 Å². The molecule has 4 nitrogen and oxygen atoms in total. The van der Waals surface area contributed by atoms with Gasteiger partial charge in [-0.3, -0.25) is 9.59 Å². The first-order valence-corrected chi connectivity index (χ1v) is 8.80. The SMILES string of the molecule is Cc1cccc(C(=O)N2CCC[C@H](C(=O)NC3CCCC3)C2)c1. The maximum Gasteiger partial charge on any atom is 0.253 e. The second-order valence-corrected chi connectivity index (χ2v) is 6.95. The van der Waals surface area contributed by atoms with Crippen molar-refractivity contribution in [2.45, 2.75) is 51.5 Å². The van der Waals surface area contributed by atoms with Gasteiger partial charge in [0.2, 0.25) is 5.91 Å². The van der Waals surface area contributed by atoms with Crippen LogP contribution in [0.25, 0.3) is 0 Å². The summed E-state index contributed by atoms with van der Waals surface area (Å²) in [6.45, 7) is 3.29. The lowest BCUT2D eigenvalue weighted by Crippen LogP contribution is -2.47. The van der Waals surface area contributed by atoms with Gasteiger partial charge in [0.05, 0.1) is 5.92 Å². The molecule has 0 bridgehead atoms. The Kier molecular flexibility index (Phi) is 4.99. The zero-order chi connectivity index (χ0) is 16.2. The predicted molar refractivity (Wildman–Crippen MR) is 90.2 cm³/mol. The van der Waals surface area contributed by atoms with Crippen LogP contribution in [0.15, 0.2) is 24.3 Å². The summed E-state index contributed by atoms with van der Waals surface area (Å²) in [5, 5.41) is 3.18. The van der Waals surface area contributed by atoms with Crippen molar-refractivity contribution in [3.63, 3.8) is 0 Å². The van der Waals surface area contributed by atoms with Crippen molar-refractivity contribution in [2.75, 3.05) is 13.1 Å². The van der Waals surface area contributed by atoms with E-state index in [0.29, 0.717) is 12.6 Å². The summed E-state index contributed by atoms with van der Waals surface area (Å²) in [7, 11) is 0. The average Bonchev–Trinajstić information content (AvgIpc) is 3.07. The van der Waals surface area contributed by atoms with Crippen molar-refractivity contribution in [3.05, 3.63) is 35.4 Å². The number of amides is 2. The molecule has 1 saturated heterocycles. The topological polar surface area (TPSA) is 49.4 Å². The smallest absolute Gasteiger partial charge is 0.253 e. The second kappa shape index (κ2) is 7.16. The van der Waals surface area contributed by atoms with E-state index in [-0.39, 0.29) is 17.7 Å². The lowest BCUT2D eigenvalue weighted by molar-refractivity contribution is -0.127. The van der Waals surface area contributed by atoms with E-state index < -0.39 is 0 Å². The molecular formula is C19H26N2O2. The molecule has 0 radical (unpaired) electrons. The average molecular weight is 314 g/mol. The molecule has 1 saturated carbocycles. The number of nitrogens with one attached hydrogen (secondary N) is 1. The summed E-state index contributed by atoms with van der Waals surface area (Å²) < 4.78 is 0. The summed E-state index contributed by atoms with van der Waals surface area (Å²) >= 11 is 0. The van der Waals surface area contributed by atoms with Crippen LogP contribution in [0.3, 0.4) is 0 Å². The van der Waals surface area contributed by atoms with Crippen molar-refractivity contribution < 1.29 is 9.59 Å². The Balaban J connectivity index is 1.61. The van der Waals surface area contributed by atoms with Crippen molar-refractivity contribution in [3.8, 4) is 0 Å². The highest BCUT2D eigenvalue weighted by Gasteiger charge is 2.30. The number of aryl methyl sites for hydroxylation is 1. The van der Waals surface area contributed by atoms with E-state index >= 15 is 0 Å². The fraction of sp³-hybridized carbons (Fsp3) is 0.579. The maximum absolute atomic E-state index is 12.7. The molecule has 1 N–H and O–H groups in total. The summed E-state index contributed by atoms with van der Waals surface area (Å²) in [6.07, 6.45) is 6.42. The zero-order valence-electron chi connectivity index (χ0n) is 13.9. The lowest BCUT2D eigenvalue weighted by atomic mass is 9.96. The molecule has 4 heteroatoms. The fourth-order valence-electron chi connectivity index (χ4n) is 3.73. The first-order chi connectivity index (χ1) is 11.1. The Bertz CT molecular complexity index is 578. The normalized spacial score (nSPS) is 22.1. The Morgan fingerprint density at radius 1 is 1.13 bits per heavy atom. The molecule has 0 unspecified atom stereocenters. The van der Waals surface area contributed by atoms with Crippen LogP contribution in [0, 0.1) is 12.8 Å². The number of benzene rings is 1. The molecule has 0 spiro atoms. The zero-order valence-corrected chi connectivity index (χ0v) is 13.9. The Hall–Kier alpha value is -1.84. The van der Waals surface area contributed by atoms with Crippen molar-refractivity contribution in [1.29, 1.82) is 0 Å². The highest BCUT2D eigenvalue weighted by atomic mass is 16.2. The lowest BCUT2D eigenvalue weighted by Gasteiger charge is -2.32. The molecule has 2 aliphatic rings. The fourth-order valence-corrected chi connectivity index (χ4v) is 3.73. The number of nitrogens with zero attached hydrogens (tertiary/aromatic N) is 1. The summed E-state index contributed by atoms with van der Waals surface area (Å²) in [5.74, 6) is 0.129. The summed E-state index contributed by atoms with van der Waals surface area (Å²) in [5.41, 5.74) is 1.81. The third kappa shape index (κ3) is 3.92. The van der Waals surface area contributed by atoms with Crippen LogP contribution >= 0.6 is 0 Å². The van der Waals surface area contributed by atoms with Crippen LogP contribution in [0.2, 0.25) is 0 Å². The number of hydrogen-bond donors (Lipinski definition) is 1. The van der Waals surface area contributed by atoms with Gasteiger partial charge in [0, 0.05) is 24.7 Å². The second-order valence-electron chi connectivity index (χ2n) is 6.95.